The van der Waals surface area contributed by atoms with Gasteiger partial charge in [-0.25, -0.2) is 4.79 Å². The van der Waals surface area contributed by atoms with E-state index in [4.69, 9.17) is 19.9 Å². The summed E-state index contributed by atoms with van der Waals surface area (Å²) < 4.78 is 15.8. The van der Waals surface area contributed by atoms with Crippen molar-refractivity contribution in [1.29, 1.82) is 0 Å². The van der Waals surface area contributed by atoms with Gasteiger partial charge in [0.25, 0.3) is 0 Å². The Bertz CT molecular complexity index is 531. The lowest BCUT2D eigenvalue weighted by Gasteiger charge is -2.43. The molecule has 7 heteroatoms. The van der Waals surface area contributed by atoms with Crippen molar-refractivity contribution in [3.8, 4) is 0 Å². The summed E-state index contributed by atoms with van der Waals surface area (Å²) in [6.07, 6.45) is 2.24. The van der Waals surface area contributed by atoms with Crippen LogP contribution in [0.2, 0.25) is 0 Å². The number of rotatable bonds is 5. The molecule has 23 heavy (non-hydrogen) atoms. The number of fused-ring (bicyclic) bond motifs is 1. The molecule has 0 spiro atoms. The molecule has 1 aliphatic heterocycles. The number of hydrogen-bond donors (Lipinski definition) is 1. The predicted octanol–water partition coefficient (Wildman–Crippen LogP) is 0.540. The molecule has 4 fully saturated rings. The fourth-order valence-electron chi connectivity index (χ4n) is 3.86. The van der Waals surface area contributed by atoms with Crippen LogP contribution < -0.4 is 5.73 Å². The Morgan fingerprint density at radius 3 is 2.83 bits per heavy atom. The normalized spacial score (nSPS) is 37.0. The van der Waals surface area contributed by atoms with Crippen molar-refractivity contribution in [2.24, 2.45) is 23.5 Å². The molecule has 0 aromatic carbocycles. The highest BCUT2D eigenvalue weighted by atomic mass is 16.6. The highest BCUT2D eigenvalue weighted by Crippen LogP contribution is 2.52. The van der Waals surface area contributed by atoms with Crippen LogP contribution in [0.25, 0.3) is 0 Å². The average Bonchev–Trinajstić information content (AvgIpc) is 2.81. The first kappa shape index (κ1) is 16.2. The van der Waals surface area contributed by atoms with Gasteiger partial charge in [0.2, 0.25) is 0 Å². The van der Waals surface area contributed by atoms with E-state index in [1.54, 1.807) is 13.8 Å². The minimum atomic E-state index is -1.11. The van der Waals surface area contributed by atoms with Crippen LogP contribution in [0.15, 0.2) is 0 Å². The van der Waals surface area contributed by atoms with Crippen LogP contribution >= 0.6 is 0 Å². The molecular formula is C16H23NO6. The molecular weight excluding hydrogens is 302 g/mol. The lowest BCUT2D eigenvalue weighted by Crippen LogP contribution is -2.51. The zero-order valence-corrected chi connectivity index (χ0v) is 13.4. The van der Waals surface area contributed by atoms with Gasteiger partial charge in [0.15, 0.2) is 6.61 Å². The fraction of sp³-hybridized carbons (Fsp3) is 0.812. The maximum atomic E-state index is 12.0. The summed E-state index contributed by atoms with van der Waals surface area (Å²) in [6, 6.07) is 0. The van der Waals surface area contributed by atoms with E-state index in [0.29, 0.717) is 12.8 Å². The maximum absolute atomic E-state index is 12.0. The Kier molecular flexibility index (Phi) is 4.08. The van der Waals surface area contributed by atoms with Gasteiger partial charge in [-0.3, -0.25) is 9.59 Å². The molecule has 3 saturated carbocycles. The maximum Gasteiger partial charge on any atom is 0.344 e. The van der Waals surface area contributed by atoms with E-state index in [-0.39, 0.29) is 29.8 Å². The number of nitrogens with two attached hydrogens (primary N) is 1. The van der Waals surface area contributed by atoms with Crippen molar-refractivity contribution < 1.29 is 28.6 Å². The minimum Gasteiger partial charge on any atom is -0.458 e. The number of esters is 3. The topological polar surface area (TPSA) is 105 Å². The molecule has 0 amide bonds. The molecule has 4 bridgehead atoms. The van der Waals surface area contributed by atoms with Crippen molar-refractivity contribution in [2.75, 3.05) is 6.61 Å². The van der Waals surface area contributed by atoms with Crippen molar-refractivity contribution in [3.05, 3.63) is 0 Å². The lowest BCUT2D eigenvalue weighted by atomic mass is 9.63. The van der Waals surface area contributed by atoms with E-state index in [9.17, 15) is 14.4 Å². The monoisotopic (exact) mass is 325 g/mol. The minimum absolute atomic E-state index is 0.0333. The third-order valence-electron chi connectivity index (χ3n) is 5.50. The molecule has 0 radical (unpaired) electrons. The van der Waals surface area contributed by atoms with Gasteiger partial charge in [-0.2, -0.15) is 0 Å². The van der Waals surface area contributed by atoms with Gasteiger partial charge in [-0.05, 0) is 32.6 Å². The second kappa shape index (κ2) is 5.78. The van der Waals surface area contributed by atoms with Gasteiger partial charge in [0.1, 0.15) is 17.7 Å². The Hall–Kier alpha value is -1.63. The standard InChI is InChI=1S/C16H23NO6/c1-3-16(2,17)15(20)21-7-11(18)22-12-8-4-5-9-10(6-8)14(19)23-13(9)12/h8-10,12-13H,3-7,17H2,1-2H3. The third kappa shape index (κ3) is 2.82. The molecule has 3 aliphatic carbocycles. The van der Waals surface area contributed by atoms with Crippen LogP contribution in [-0.4, -0.2) is 42.3 Å². The van der Waals surface area contributed by atoms with E-state index in [1.807, 2.05) is 0 Å². The Morgan fingerprint density at radius 1 is 1.39 bits per heavy atom. The smallest absolute Gasteiger partial charge is 0.344 e. The fourth-order valence-corrected chi connectivity index (χ4v) is 3.86. The summed E-state index contributed by atoms with van der Waals surface area (Å²) in [5.41, 5.74) is 4.65. The molecule has 128 valence electrons. The van der Waals surface area contributed by atoms with Crippen LogP contribution in [0.3, 0.4) is 0 Å². The number of hydrogen-bond acceptors (Lipinski definition) is 7. The van der Waals surface area contributed by atoms with Gasteiger partial charge in [-0.15, -0.1) is 0 Å². The second-order valence-corrected chi connectivity index (χ2v) is 7.05. The molecule has 2 N–H and O–H groups in total. The highest BCUT2D eigenvalue weighted by molar-refractivity contribution is 5.82. The van der Waals surface area contributed by atoms with Crippen LogP contribution in [-0.2, 0) is 28.6 Å². The summed E-state index contributed by atoms with van der Waals surface area (Å²) in [5, 5.41) is 0. The number of carbonyl (C=O) groups is 3. The van der Waals surface area contributed by atoms with Gasteiger partial charge in [-0.1, -0.05) is 6.92 Å². The summed E-state index contributed by atoms with van der Waals surface area (Å²) in [7, 11) is 0. The lowest BCUT2D eigenvalue weighted by molar-refractivity contribution is -0.179. The molecule has 7 nitrogen and oxygen atoms in total. The molecule has 6 atom stereocenters. The van der Waals surface area contributed by atoms with E-state index < -0.39 is 30.2 Å². The van der Waals surface area contributed by atoms with Gasteiger partial charge >= 0.3 is 17.9 Å². The summed E-state index contributed by atoms with van der Waals surface area (Å²) in [6.45, 7) is 2.85. The van der Waals surface area contributed by atoms with E-state index in [0.717, 1.165) is 12.8 Å². The molecule has 0 aromatic rings. The van der Waals surface area contributed by atoms with Gasteiger partial charge in [0.05, 0.1) is 5.92 Å². The first-order valence-corrected chi connectivity index (χ1v) is 8.19. The molecule has 0 aromatic heterocycles. The van der Waals surface area contributed by atoms with Crippen LogP contribution in [0.4, 0.5) is 0 Å². The quantitative estimate of drug-likeness (QED) is 0.581. The summed E-state index contributed by atoms with van der Waals surface area (Å²) in [4.78, 5) is 35.5. The molecule has 6 unspecified atom stereocenters. The summed E-state index contributed by atoms with van der Waals surface area (Å²) >= 11 is 0. The molecule has 1 saturated heterocycles. The zero-order chi connectivity index (χ0) is 16.8. The number of carbonyl (C=O) groups excluding carboxylic acids is 3. The second-order valence-electron chi connectivity index (χ2n) is 7.05. The highest BCUT2D eigenvalue weighted by Gasteiger charge is 2.59. The van der Waals surface area contributed by atoms with Crippen molar-refractivity contribution >= 4 is 17.9 Å². The van der Waals surface area contributed by atoms with Crippen LogP contribution in [0.1, 0.15) is 39.5 Å². The van der Waals surface area contributed by atoms with Crippen molar-refractivity contribution in [1.82, 2.24) is 0 Å². The first-order valence-electron chi connectivity index (χ1n) is 8.19. The van der Waals surface area contributed by atoms with E-state index in [1.165, 1.54) is 0 Å². The van der Waals surface area contributed by atoms with E-state index >= 15 is 0 Å². The van der Waals surface area contributed by atoms with Crippen LogP contribution in [0.5, 0.6) is 0 Å². The molecule has 4 rings (SSSR count). The average molecular weight is 325 g/mol. The SMILES string of the molecule is CCC(C)(N)C(=O)OCC(=O)OC1C2CCC3C(C2)C(=O)OC31. The van der Waals surface area contributed by atoms with E-state index in [2.05, 4.69) is 0 Å². The number of ether oxygens (including phenoxy) is 3. The Balaban J connectivity index is 1.55. The Labute approximate surface area is 134 Å². The molecule has 4 aliphatic rings. The first-order chi connectivity index (χ1) is 10.8. The van der Waals surface area contributed by atoms with Crippen molar-refractivity contribution in [3.63, 3.8) is 0 Å². The van der Waals surface area contributed by atoms with Gasteiger partial charge in [0, 0.05) is 11.8 Å². The van der Waals surface area contributed by atoms with Gasteiger partial charge < -0.3 is 19.9 Å². The largest absolute Gasteiger partial charge is 0.458 e. The summed E-state index contributed by atoms with van der Waals surface area (Å²) in [5.74, 6) is -1.15. The van der Waals surface area contributed by atoms with Crippen LogP contribution in [0, 0.1) is 17.8 Å². The molecule has 1 heterocycles. The third-order valence-corrected chi connectivity index (χ3v) is 5.50. The predicted molar refractivity (Wildman–Crippen MR) is 77.9 cm³/mol. The zero-order valence-electron chi connectivity index (χ0n) is 13.4. The Morgan fingerprint density at radius 2 is 2.13 bits per heavy atom. The van der Waals surface area contributed by atoms with Crippen molar-refractivity contribution in [2.45, 2.75) is 57.3 Å².